The third-order valence-corrected chi connectivity index (χ3v) is 6.22. The van der Waals surface area contributed by atoms with Gasteiger partial charge in [0.05, 0.1) is 18.7 Å². The number of carbonyl (C=O) groups is 2. The first-order valence-corrected chi connectivity index (χ1v) is 11.1. The molecule has 8 heteroatoms. The summed E-state index contributed by atoms with van der Waals surface area (Å²) in [6.45, 7) is 1.82. The van der Waals surface area contributed by atoms with Gasteiger partial charge in [-0.25, -0.2) is 4.39 Å². The van der Waals surface area contributed by atoms with Crippen LogP contribution in [0.15, 0.2) is 82.5 Å². The van der Waals surface area contributed by atoms with Crippen molar-refractivity contribution in [1.29, 1.82) is 0 Å². The number of benzene rings is 3. The van der Waals surface area contributed by atoms with Crippen LogP contribution in [-0.4, -0.2) is 23.9 Å². The van der Waals surface area contributed by atoms with Crippen LogP contribution in [0.25, 0.3) is 11.0 Å². The van der Waals surface area contributed by atoms with Crippen LogP contribution in [0.3, 0.4) is 0 Å². The van der Waals surface area contributed by atoms with Gasteiger partial charge in [0.15, 0.2) is 22.9 Å². The Morgan fingerprint density at radius 1 is 1.11 bits per heavy atom. The molecule has 6 nitrogen and oxygen atoms in total. The minimum absolute atomic E-state index is 0.103. The first kappa shape index (κ1) is 22.7. The molecule has 1 aliphatic heterocycles. The van der Waals surface area contributed by atoms with Crippen molar-refractivity contribution in [2.75, 3.05) is 12.0 Å². The summed E-state index contributed by atoms with van der Waals surface area (Å²) in [5.74, 6) is -2.36. The number of para-hydroxylation sites is 1. The number of methoxy groups -OCH3 is 1. The Kier molecular flexibility index (Phi) is 5.57. The van der Waals surface area contributed by atoms with E-state index in [1.165, 1.54) is 42.3 Å². The number of ketones is 1. The standard InChI is InChI=1S/C27H19ClFNO5/c1-14-5-3-4-6-19(14)30-23(15-7-9-18(29)10-8-15)22(25(32)27(30)33)24(31)20-12-16-11-17(28)13-21(34-2)26(16)35-20/h3-13,23,32H,1-2H3. The van der Waals surface area contributed by atoms with E-state index >= 15 is 0 Å². The molecule has 1 aliphatic rings. The van der Waals surface area contributed by atoms with Crippen LogP contribution in [0.4, 0.5) is 10.1 Å². The number of nitrogens with zero attached hydrogens (tertiary/aromatic N) is 1. The number of halogens is 2. The Morgan fingerprint density at radius 2 is 1.83 bits per heavy atom. The largest absolute Gasteiger partial charge is 0.503 e. The summed E-state index contributed by atoms with van der Waals surface area (Å²) in [6.07, 6.45) is 0. The summed E-state index contributed by atoms with van der Waals surface area (Å²) in [5.41, 5.74) is 1.86. The average Bonchev–Trinajstić information content (AvgIpc) is 3.38. The van der Waals surface area contributed by atoms with Gasteiger partial charge in [0.1, 0.15) is 5.82 Å². The lowest BCUT2D eigenvalue weighted by Gasteiger charge is -2.28. The normalized spacial score (nSPS) is 15.8. The smallest absolute Gasteiger partial charge is 0.294 e. The number of amides is 1. The zero-order valence-electron chi connectivity index (χ0n) is 18.7. The van der Waals surface area contributed by atoms with Crippen LogP contribution < -0.4 is 9.64 Å². The highest BCUT2D eigenvalue weighted by molar-refractivity contribution is 6.31. The van der Waals surface area contributed by atoms with Crippen LogP contribution in [0, 0.1) is 12.7 Å². The van der Waals surface area contributed by atoms with Crippen LogP contribution in [0.5, 0.6) is 5.75 Å². The number of hydrogen-bond donors (Lipinski definition) is 1. The highest BCUT2D eigenvalue weighted by Crippen LogP contribution is 2.43. The van der Waals surface area contributed by atoms with Gasteiger partial charge >= 0.3 is 0 Å². The summed E-state index contributed by atoms with van der Waals surface area (Å²) in [7, 11) is 1.45. The highest BCUT2D eigenvalue weighted by atomic mass is 35.5. The van der Waals surface area contributed by atoms with Crippen molar-refractivity contribution >= 4 is 39.9 Å². The van der Waals surface area contributed by atoms with Crippen LogP contribution in [0.1, 0.15) is 27.7 Å². The molecule has 2 heterocycles. The molecule has 0 saturated heterocycles. The number of fused-ring (bicyclic) bond motifs is 1. The number of aryl methyl sites for hydroxylation is 1. The monoisotopic (exact) mass is 491 g/mol. The fourth-order valence-corrected chi connectivity index (χ4v) is 4.58. The van der Waals surface area contributed by atoms with E-state index in [1.807, 2.05) is 19.1 Å². The number of aliphatic hydroxyl groups is 1. The predicted octanol–water partition coefficient (Wildman–Crippen LogP) is 6.33. The minimum atomic E-state index is -1.00. The fraction of sp³-hybridized carbons (Fsp3) is 0.111. The maximum atomic E-state index is 13.7. The second-order valence-electron chi connectivity index (χ2n) is 8.14. The number of rotatable bonds is 5. The summed E-state index contributed by atoms with van der Waals surface area (Å²) in [5, 5.41) is 11.8. The van der Waals surface area contributed by atoms with Gasteiger partial charge in [-0.2, -0.15) is 0 Å². The number of hydrogen-bond acceptors (Lipinski definition) is 5. The van der Waals surface area contributed by atoms with E-state index in [9.17, 15) is 19.1 Å². The van der Waals surface area contributed by atoms with Crippen molar-refractivity contribution in [1.82, 2.24) is 0 Å². The van der Waals surface area contributed by atoms with Crippen LogP contribution in [-0.2, 0) is 4.79 Å². The number of anilines is 1. The first-order chi connectivity index (χ1) is 16.8. The third-order valence-electron chi connectivity index (χ3n) is 6.00. The van der Waals surface area contributed by atoms with Gasteiger partial charge < -0.3 is 14.3 Å². The Bertz CT molecular complexity index is 1520. The maximum absolute atomic E-state index is 13.7. The molecule has 1 unspecified atom stereocenters. The van der Waals surface area contributed by atoms with E-state index in [2.05, 4.69) is 0 Å². The molecule has 1 atom stereocenters. The summed E-state index contributed by atoms with van der Waals surface area (Å²) >= 11 is 6.14. The maximum Gasteiger partial charge on any atom is 0.294 e. The van der Waals surface area contributed by atoms with Crippen molar-refractivity contribution in [3.05, 3.63) is 106 Å². The number of Topliss-reactive ketones (excluding diaryl/α,β-unsaturated/α-hetero) is 1. The molecule has 0 bridgehead atoms. The Balaban J connectivity index is 1.68. The molecule has 1 amide bonds. The Labute approximate surface area is 204 Å². The van der Waals surface area contributed by atoms with Gasteiger partial charge in [0.25, 0.3) is 5.91 Å². The molecule has 0 aliphatic carbocycles. The van der Waals surface area contributed by atoms with E-state index < -0.39 is 29.3 Å². The van der Waals surface area contributed by atoms with E-state index in [-0.39, 0.29) is 11.3 Å². The zero-order chi connectivity index (χ0) is 24.9. The van der Waals surface area contributed by atoms with Gasteiger partial charge in [-0.15, -0.1) is 0 Å². The molecular weight excluding hydrogens is 473 g/mol. The number of aliphatic hydroxyl groups excluding tert-OH is 1. The molecule has 0 radical (unpaired) electrons. The molecule has 35 heavy (non-hydrogen) atoms. The van der Waals surface area contributed by atoms with Gasteiger partial charge in [-0.1, -0.05) is 41.9 Å². The van der Waals surface area contributed by atoms with Crippen LogP contribution in [0.2, 0.25) is 5.02 Å². The Morgan fingerprint density at radius 3 is 2.51 bits per heavy atom. The fourth-order valence-electron chi connectivity index (χ4n) is 4.36. The number of furan rings is 1. The summed E-state index contributed by atoms with van der Waals surface area (Å²) in [4.78, 5) is 28.4. The topological polar surface area (TPSA) is 80.0 Å². The van der Waals surface area contributed by atoms with Crippen molar-refractivity contribution in [2.45, 2.75) is 13.0 Å². The lowest BCUT2D eigenvalue weighted by molar-refractivity contribution is -0.117. The van der Waals surface area contributed by atoms with E-state index in [4.69, 9.17) is 20.8 Å². The molecule has 0 spiro atoms. The van der Waals surface area contributed by atoms with Crippen molar-refractivity contribution < 1.29 is 28.2 Å². The van der Waals surface area contributed by atoms with E-state index in [0.29, 0.717) is 33.0 Å². The summed E-state index contributed by atoms with van der Waals surface area (Å²) < 4.78 is 24.8. The second kappa shape index (κ2) is 8.60. The van der Waals surface area contributed by atoms with Crippen molar-refractivity contribution in [3.63, 3.8) is 0 Å². The first-order valence-electron chi connectivity index (χ1n) is 10.7. The molecular formula is C27H19ClFNO5. The molecule has 1 N–H and O–H groups in total. The molecule has 0 fully saturated rings. The van der Waals surface area contributed by atoms with E-state index in [1.54, 1.807) is 24.3 Å². The SMILES string of the molecule is COc1cc(Cl)cc2cc(C(=O)C3=C(O)C(=O)N(c4ccccc4C)C3c3ccc(F)cc3)oc12. The molecule has 3 aromatic carbocycles. The van der Waals surface area contributed by atoms with Gasteiger partial charge in [-0.05, 0) is 48.4 Å². The minimum Gasteiger partial charge on any atom is -0.503 e. The van der Waals surface area contributed by atoms with Gasteiger partial charge in [-0.3, -0.25) is 14.5 Å². The Hall–Kier alpha value is -4.10. The van der Waals surface area contributed by atoms with Crippen molar-refractivity contribution in [3.8, 4) is 5.75 Å². The summed E-state index contributed by atoms with van der Waals surface area (Å²) in [6, 6.07) is 16.2. The molecule has 4 aromatic rings. The quantitative estimate of drug-likeness (QED) is 0.330. The van der Waals surface area contributed by atoms with Gasteiger partial charge in [0, 0.05) is 22.2 Å². The lowest BCUT2D eigenvalue weighted by Crippen LogP contribution is -2.31. The highest BCUT2D eigenvalue weighted by Gasteiger charge is 2.45. The zero-order valence-corrected chi connectivity index (χ0v) is 19.5. The molecule has 176 valence electrons. The third kappa shape index (κ3) is 3.74. The number of ether oxygens (including phenoxy) is 1. The van der Waals surface area contributed by atoms with Crippen LogP contribution >= 0.6 is 11.6 Å². The second-order valence-corrected chi connectivity index (χ2v) is 8.58. The molecule has 0 saturated carbocycles. The lowest BCUT2D eigenvalue weighted by atomic mass is 9.94. The molecule has 5 rings (SSSR count). The average molecular weight is 492 g/mol. The molecule has 1 aromatic heterocycles. The van der Waals surface area contributed by atoms with Gasteiger partial charge in [0.2, 0.25) is 5.78 Å². The predicted molar refractivity (Wildman–Crippen MR) is 130 cm³/mol. The number of carbonyl (C=O) groups excluding carboxylic acids is 2. The van der Waals surface area contributed by atoms with Crippen molar-refractivity contribution in [2.24, 2.45) is 0 Å². The van der Waals surface area contributed by atoms with E-state index in [0.717, 1.165) is 5.56 Å².